The Hall–Kier alpha value is -2.33. The number of hydrogen-bond donors (Lipinski definition) is 2. The van der Waals surface area contributed by atoms with Gasteiger partial charge in [0.15, 0.2) is 5.13 Å². The Morgan fingerprint density at radius 1 is 1.48 bits per heavy atom. The summed E-state index contributed by atoms with van der Waals surface area (Å²) in [6, 6.07) is 0. The van der Waals surface area contributed by atoms with E-state index in [-0.39, 0.29) is 30.5 Å². The molecule has 0 saturated carbocycles. The van der Waals surface area contributed by atoms with E-state index in [0.717, 1.165) is 0 Å². The fourth-order valence-electron chi connectivity index (χ4n) is 1.78. The number of aliphatic hydroxyl groups is 1. The number of aromatic nitrogens is 3. The average Bonchev–Trinajstić information content (AvgIpc) is 2.97. The lowest BCUT2D eigenvalue weighted by molar-refractivity contribution is -0.383. The topological polar surface area (TPSA) is 117 Å². The summed E-state index contributed by atoms with van der Waals surface area (Å²) >= 11 is 1.31. The van der Waals surface area contributed by atoms with E-state index >= 15 is 0 Å². The van der Waals surface area contributed by atoms with Gasteiger partial charge in [-0.05, 0) is 6.92 Å². The molecule has 0 aliphatic carbocycles. The highest BCUT2D eigenvalue weighted by Crippen LogP contribution is 2.33. The number of nitrogens with one attached hydrogen (secondary N) is 1. The summed E-state index contributed by atoms with van der Waals surface area (Å²) in [4.78, 5) is 24.4. The normalized spacial score (nSPS) is 10.4. The molecule has 10 heteroatoms. The molecular formula is C11H14N6O3S. The summed E-state index contributed by atoms with van der Waals surface area (Å²) in [6.07, 6.45) is 2.84. The monoisotopic (exact) mass is 310 g/mol. The van der Waals surface area contributed by atoms with Crippen LogP contribution >= 0.6 is 11.3 Å². The van der Waals surface area contributed by atoms with Crippen LogP contribution in [0.2, 0.25) is 0 Å². The molecule has 0 atom stereocenters. The van der Waals surface area contributed by atoms with Crippen molar-refractivity contribution in [3.8, 4) is 0 Å². The third-order valence-corrected chi connectivity index (χ3v) is 3.38. The van der Waals surface area contributed by atoms with Gasteiger partial charge in [0.1, 0.15) is 6.33 Å². The molecule has 0 bridgehead atoms. The highest BCUT2D eigenvalue weighted by atomic mass is 32.1. The maximum absolute atomic E-state index is 11.4. The maximum atomic E-state index is 11.4. The van der Waals surface area contributed by atoms with Crippen molar-refractivity contribution in [2.24, 2.45) is 0 Å². The molecule has 2 heterocycles. The molecule has 0 spiro atoms. The lowest BCUT2D eigenvalue weighted by Gasteiger charge is -2.20. The van der Waals surface area contributed by atoms with Gasteiger partial charge in [0.25, 0.3) is 0 Å². The molecule has 0 aliphatic heterocycles. The van der Waals surface area contributed by atoms with Gasteiger partial charge in [0.2, 0.25) is 11.6 Å². The van der Waals surface area contributed by atoms with Gasteiger partial charge in [0.05, 0.1) is 11.5 Å². The molecule has 9 nitrogen and oxygen atoms in total. The third kappa shape index (κ3) is 3.41. The molecule has 0 radical (unpaired) electrons. The molecule has 2 aromatic heterocycles. The number of thiazole rings is 1. The van der Waals surface area contributed by atoms with Crippen LogP contribution in [0.1, 0.15) is 6.92 Å². The minimum atomic E-state index is -0.536. The molecule has 112 valence electrons. The van der Waals surface area contributed by atoms with E-state index in [1.165, 1.54) is 17.7 Å². The van der Waals surface area contributed by atoms with Crippen LogP contribution in [0.4, 0.5) is 22.5 Å². The quantitative estimate of drug-likeness (QED) is 0.582. The molecule has 2 N–H and O–H groups in total. The van der Waals surface area contributed by atoms with Crippen LogP contribution in [0.3, 0.4) is 0 Å². The molecule has 2 aromatic rings. The Morgan fingerprint density at radius 3 is 2.86 bits per heavy atom. The first-order chi connectivity index (χ1) is 10.2. The summed E-state index contributed by atoms with van der Waals surface area (Å²) in [5.41, 5.74) is -0.233. The third-order valence-electron chi connectivity index (χ3n) is 2.69. The first kappa shape index (κ1) is 15.1. The summed E-state index contributed by atoms with van der Waals surface area (Å²) in [6.45, 7) is 2.44. The van der Waals surface area contributed by atoms with Gasteiger partial charge in [-0.2, -0.15) is 0 Å². The average molecular weight is 310 g/mol. The van der Waals surface area contributed by atoms with E-state index in [0.29, 0.717) is 11.7 Å². The van der Waals surface area contributed by atoms with Crippen molar-refractivity contribution >= 4 is 33.8 Å². The highest BCUT2D eigenvalue weighted by Gasteiger charge is 2.26. The van der Waals surface area contributed by atoms with Crippen LogP contribution in [-0.4, -0.2) is 44.7 Å². The molecule has 0 fully saturated rings. The Balaban J connectivity index is 2.43. The van der Waals surface area contributed by atoms with Gasteiger partial charge in [-0.1, -0.05) is 0 Å². The van der Waals surface area contributed by atoms with Gasteiger partial charge < -0.3 is 15.3 Å². The zero-order chi connectivity index (χ0) is 15.2. The van der Waals surface area contributed by atoms with Crippen LogP contribution in [0.25, 0.3) is 0 Å². The second-order valence-corrected chi connectivity index (χ2v) is 4.81. The summed E-state index contributed by atoms with van der Waals surface area (Å²) in [5, 5.41) is 25.5. The number of rotatable bonds is 7. The maximum Gasteiger partial charge on any atom is 0.353 e. The summed E-state index contributed by atoms with van der Waals surface area (Å²) in [7, 11) is 0. The molecule has 21 heavy (non-hydrogen) atoms. The van der Waals surface area contributed by atoms with Crippen molar-refractivity contribution in [1.82, 2.24) is 15.0 Å². The lowest BCUT2D eigenvalue weighted by Crippen LogP contribution is -2.28. The summed E-state index contributed by atoms with van der Waals surface area (Å²) in [5.74, 6) is 0.252. The number of likely N-dealkylation sites (N-methyl/N-ethyl adjacent to an activating group) is 1. The van der Waals surface area contributed by atoms with Gasteiger partial charge in [0, 0.05) is 24.7 Å². The Bertz CT molecular complexity index is 606. The van der Waals surface area contributed by atoms with Crippen molar-refractivity contribution in [2.75, 3.05) is 29.9 Å². The van der Waals surface area contributed by atoms with E-state index in [4.69, 9.17) is 5.11 Å². The standard InChI is InChI=1S/C11H14N6O3S/c1-2-16(4-5-18)10-8(17(19)20)9(13-7-14-10)15-11-12-3-6-21-11/h3,6-7,18H,2,4-5H2,1H3,(H,12,13,14,15). The largest absolute Gasteiger partial charge is 0.395 e. The smallest absolute Gasteiger partial charge is 0.353 e. The van der Waals surface area contributed by atoms with Crippen LogP contribution in [-0.2, 0) is 0 Å². The number of hydrogen-bond acceptors (Lipinski definition) is 9. The van der Waals surface area contributed by atoms with Crippen molar-refractivity contribution in [2.45, 2.75) is 6.92 Å². The minimum absolute atomic E-state index is 0.0799. The SMILES string of the molecule is CCN(CCO)c1ncnc(Nc2nccs2)c1[N+](=O)[O-]. The van der Waals surface area contributed by atoms with Crippen molar-refractivity contribution in [1.29, 1.82) is 0 Å². The van der Waals surface area contributed by atoms with Gasteiger partial charge in [-0.15, -0.1) is 11.3 Å². The number of nitrogens with zero attached hydrogens (tertiary/aromatic N) is 5. The highest BCUT2D eigenvalue weighted by molar-refractivity contribution is 7.13. The Labute approximate surface area is 124 Å². The van der Waals surface area contributed by atoms with Crippen LogP contribution in [0.15, 0.2) is 17.9 Å². The fraction of sp³-hybridized carbons (Fsp3) is 0.364. The zero-order valence-electron chi connectivity index (χ0n) is 11.3. The predicted octanol–water partition coefficient (Wildman–Crippen LogP) is 1.40. The van der Waals surface area contributed by atoms with Gasteiger partial charge in [-0.3, -0.25) is 10.1 Å². The van der Waals surface area contributed by atoms with Gasteiger partial charge >= 0.3 is 5.69 Å². The molecule has 0 aliphatic rings. The first-order valence-electron chi connectivity index (χ1n) is 6.19. The van der Waals surface area contributed by atoms with E-state index in [1.807, 2.05) is 6.92 Å². The van der Waals surface area contributed by atoms with Gasteiger partial charge in [-0.25, -0.2) is 15.0 Å². The zero-order valence-corrected chi connectivity index (χ0v) is 12.1. The molecule has 0 aromatic carbocycles. The van der Waals surface area contributed by atoms with E-state index < -0.39 is 4.92 Å². The predicted molar refractivity (Wildman–Crippen MR) is 79.1 cm³/mol. The molecule has 0 amide bonds. The van der Waals surface area contributed by atoms with Crippen LogP contribution in [0.5, 0.6) is 0 Å². The lowest BCUT2D eigenvalue weighted by atomic mass is 10.3. The van der Waals surface area contributed by atoms with Crippen molar-refractivity contribution in [3.63, 3.8) is 0 Å². The number of nitro groups is 1. The second kappa shape index (κ2) is 6.90. The molecular weight excluding hydrogens is 296 g/mol. The Morgan fingerprint density at radius 2 is 2.29 bits per heavy atom. The number of aliphatic hydroxyl groups excluding tert-OH is 1. The fourth-order valence-corrected chi connectivity index (χ4v) is 2.31. The summed E-state index contributed by atoms with van der Waals surface area (Å²) < 4.78 is 0. The molecule has 0 unspecified atom stereocenters. The minimum Gasteiger partial charge on any atom is -0.395 e. The van der Waals surface area contributed by atoms with Crippen LogP contribution < -0.4 is 10.2 Å². The second-order valence-electron chi connectivity index (χ2n) is 3.92. The van der Waals surface area contributed by atoms with E-state index in [1.54, 1.807) is 16.5 Å². The van der Waals surface area contributed by atoms with Crippen LogP contribution in [0, 0.1) is 10.1 Å². The van der Waals surface area contributed by atoms with E-state index in [9.17, 15) is 10.1 Å². The molecule has 0 saturated heterocycles. The first-order valence-corrected chi connectivity index (χ1v) is 7.07. The Kier molecular flexibility index (Phi) is 4.95. The van der Waals surface area contributed by atoms with Crippen molar-refractivity contribution in [3.05, 3.63) is 28.0 Å². The molecule has 2 rings (SSSR count). The van der Waals surface area contributed by atoms with E-state index in [2.05, 4.69) is 20.3 Å². The van der Waals surface area contributed by atoms with Crippen molar-refractivity contribution < 1.29 is 10.0 Å². The number of anilines is 3.